The fourth-order valence-corrected chi connectivity index (χ4v) is 4.55. The van der Waals surface area contributed by atoms with Gasteiger partial charge in [-0.3, -0.25) is 0 Å². The molecule has 1 saturated carbocycles. The van der Waals surface area contributed by atoms with Crippen LogP contribution in [0.15, 0.2) is 18.7 Å². The van der Waals surface area contributed by atoms with Crippen molar-refractivity contribution in [2.75, 3.05) is 0 Å². The van der Waals surface area contributed by atoms with Gasteiger partial charge in [-0.25, -0.2) is 0 Å². The van der Waals surface area contributed by atoms with E-state index in [9.17, 15) is 0 Å². The van der Waals surface area contributed by atoms with Crippen LogP contribution in [0, 0.1) is 7.14 Å². The van der Waals surface area contributed by atoms with Gasteiger partial charge in [-0.2, -0.15) is 0 Å². The Labute approximate surface area is 148 Å². The minimum absolute atomic E-state index is 0.199. The number of benzene rings is 1. The Hall–Kier alpha value is 0.180. The van der Waals surface area contributed by atoms with E-state index in [-0.39, 0.29) is 6.29 Å². The van der Waals surface area contributed by atoms with Gasteiger partial charge >= 0.3 is 0 Å². The predicted octanol–water partition coefficient (Wildman–Crippen LogP) is 5.61. The summed E-state index contributed by atoms with van der Waals surface area (Å²) >= 11 is 4.61. The van der Waals surface area contributed by atoms with Crippen LogP contribution in [0.2, 0.25) is 0 Å². The van der Waals surface area contributed by atoms with Gasteiger partial charge < -0.3 is 9.47 Å². The van der Waals surface area contributed by atoms with Crippen LogP contribution in [-0.2, 0) is 4.74 Å². The van der Waals surface area contributed by atoms with Gasteiger partial charge in [0, 0.05) is 0 Å². The molecule has 1 aromatic carbocycles. The molecule has 0 amide bonds. The van der Waals surface area contributed by atoms with Gasteiger partial charge in [0.05, 0.1) is 13.2 Å². The highest BCUT2D eigenvalue weighted by atomic mass is 127. The molecule has 0 aliphatic heterocycles. The van der Waals surface area contributed by atoms with Crippen molar-refractivity contribution in [3.05, 3.63) is 31.4 Å². The molecule has 20 heavy (non-hydrogen) atoms. The Kier molecular flexibility index (Phi) is 6.61. The molecule has 2 rings (SSSR count). The first-order valence-electron chi connectivity index (χ1n) is 7.03. The van der Waals surface area contributed by atoms with Crippen molar-refractivity contribution < 1.29 is 9.47 Å². The van der Waals surface area contributed by atoms with E-state index in [2.05, 4.69) is 63.9 Å². The molecule has 1 aliphatic rings. The first-order valence-corrected chi connectivity index (χ1v) is 9.19. The maximum absolute atomic E-state index is 6.01. The zero-order valence-electron chi connectivity index (χ0n) is 11.7. The van der Waals surface area contributed by atoms with Crippen LogP contribution in [0.1, 0.15) is 44.6 Å². The number of hydrogen-bond donors (Lipinski definition) is 0. The molecule has 0 bridgehead atoms. The van der Waals surface area contributed by atoms with E-state index >= 15 is 0 Å². The number of halogens is 2. The Morgan fingerprint density at radius 1 is 1.20 bits per heavy atom. The highest BCUT2D eigenvalue weighted by Crippen LogP contribution is 2.31. The van der Waals surface area contributed by atoms with E-state index in [4.69, 9.17) is 9.47 Å². The summed E-state index contributed by atoms with van der Waals surface area (Å²) in [6, 6.07) is 4.16. The summed E-state index contributed by atoms with van der Waals surface area (Å²) in [6.07, 6.45) is 8.25. The summed E-state index contributed by atoms with van der Waals surface area (Å²) in [7, 11) is 0. The molecule has 0 saturated heterocycles. The van der Waals surface area contributed by atoms with Crippen LogP contribution in [0.25, 0.3) is 6.08 Å². The monoisotopic (exact) mass is 498 g/mol. The Bertz CT molecular complexity index is 445. The lowest BCUT2D eigenvalue weighted by Crippen LogP contribution is -2.26. The van der Waals surface area contributed by atoms with E-state index in [0.29, 0.717) is 6.10 Å². The third kappa shape index (κ3) is 4.59. The third-order valence-electron chi connectivity index (χ3n) is 3.48. The van der Waals surface area contributed by atoms with Crippen molar-refractivity contribution in [1.29, 1.82) is 0 Å². The molecule has 0 radical (unpaired) electrons. The van der Waals surface area contributed by atoms with Crippen molar-refractivity contribution in [2.45, 2.75) is 51.4 Å². The fraction of sp³-hybridized carbons (Fsp3) is 0.500. The lowest BCUT2D eigenvalue weighted by atomic mass is 9.98. The molecule has 2 nitrogen and oxygen atoms in total. The molecule has 0 aromatic heterocycles. The van der Waals surface area contributed by atoms with Gasteiger partial charge in [0.2, 0.25) is 0 Å². The Balaban J connectivity index is 1.99. The average Bonchev–Trinajstić information content (AvgIpc) is 2.43. The summed E-state index contributed by atoms with van der Waals surface area (Å²) in [5.41, 5.74) is 1.12. The number of hydrogen-bond acceptors (Lipinski definition) is 2. The van der Waals surface area contributed by atoms with Gasteiger partial charge in [0.25, 0.3) is 0 Å². The zero-order chi connectivity index (χ0) is 14.5. The van der Waals surface area contributed by atoms with Crippen LogP contribution in [-0.4, -0.2) is 12.4 Å². The molecule has 0 N–H and O–H groups in total. The molecule has 1 aliphatic carbocycles. The van der Waals surface area contributed by atoms with Gasteiger partial charge in [0.15, 0.2) is 6.29 Å². The zero-order valence-corrected chi connectivity index (χ0v) is 16.0. The minimum atomic E-state index is -0.199. The second kappa shape index (κ2) is 7.98. The molecule has 0 spiro atoms. The maximum Gasteiger partial charge on any atom is 0.197 e. The van der Waals surface area contributed by atoms with Gasteiger partial charge in [-0.1, -0.05) is 31.9 Å². The highest BCUT2D eigenvalue weighted by Gasteiger charge is 2.19. The topological polar surface area (TPSA) is 18.5 Å². The van der Waals surface area contributed by atoms with Gasteiger partial charge in [-0.15, -0.1) is 0 Å². The van der Waals surface area contributed by atoms with E-state index in [0.717, 1.165) is 31.3 Å². The second-order valence-corrected chi connectivity index (χ2v) is 7.42. The van der Waals surface area contributed by atoms with E-state index in [1.165, 1.54) is 19.3 Å². The molecule has 1 atom stereocenters. The molecule has 1 fully saturated rings. The van der Waals surface area contributed by atoms with Crippen molar-refractivity contribution in [3.63, 3.8) is 0 Å². The average molecular weight is 498 g/mol. The molecule has 4 heteroatoms. The normalized spacial score (nSPS) is 17.8. The summed E-state index contributed by atoms with van der Waals surface area (Å²) in [6.45, 7) is 5.80. The van der Waals surface area contributed by atoms with Gasteiger partial charge in [-0.05, 0) is 82.6 Å². The molecule has 1 aromatic rings. The van der Waals surface area contributed by atoms with Crippen LogP contribution in [0.4, 0.5) is 0 Å². The summed E-state index contributed by atoms with van der Waals surface area (Å²) < 4.78 is 14.2. The first kappa shape index (κ1) is 16.5. The molecular formula is C16H20I2O2. The molecule has 1 unspecified atom stereocenters. The van der Waals surface area contributed by atoms with E-state index < -0.39 is 0 Å². The van der Waals surface area contributed by atoms with Crippen LogP contribution >= 0.6 is 45.2 Å². The van der Waals surface area contributed by atoms with Crippen molar-refractivity contribution in [2.24, 2.45) is 0 Å². The first-order chi connectivity index (χ1) is 9.60. The predicted molar refractivity (Wildman–Crippen MR) is 100 cm³/mol. The molecular weight excluding hydrogens is 478 g/mol. The fourth-order valence-electron chi connectivity index (χ4n) is 2.48. The van der Waals surface area contributed by atoms with Crippen molar-refractivity contribution in [1.82, 2.24) is 0 Å². The SMILES string of the molecule is C=Cc1cc(I)c(OC(C)OC2CCCCC2)c(I)c1. The van der Waals surface area contributed by atoms with E-state index in [1.54, 1.807) is 0 Å². The lowest BCUT2D eigenvalue weighted by molar-refractivity contribution is -0.117. The standard InChI is InChI=1S/C16H20I2O2/c1-3-12-9-14(17)16(15(18)10-12)20-11(2)19-13-7-5-4-6-8-13/h3,9-11,13H,1,4-8H2,2H3. The van der Waals surface area contributed by atoms with E-state index in [1.807, 2.05) is 13.0 Å². The molecule has 0 heterocycles. The van der Waals surface area contributed by atoms with Crippen LogP contribution < -0.4 is 4.74 Å². The summed E-state index contributed by atoms with van der Waals surface area (Å²) in [4.78, 5) is 0. The van der Waals surface area contributed by atoms with Crippen LogP contribution in [0.5, 0.6) is 5.75 Å². The Morgan fingerprint density at radius 3 is 2.35 bits per heavy atom. The van der Waals surface area contributed by atoms with Crippen molar-refractivity contribution >= 4 is 51.3 Å². The third-order valence-corrected chi connectivity index (χ3v) is 5.08. The quantitative estimate of drug-likeness (QED) is 0.388. The lowest BCUT2D eigenvalue weighted by Gasteiger charge is -2.26. The largest absolute Gasteiger partial charge is 0.463 e. The second-order valence-electron chi connectivity index (χ2n) is 5.10. The number of ether oxygens (including phenoxy) is 2. The minimum Gasteiger partial charge on any atom is -0.463 e. The smallest absolute Gasteiger partial charge is 0.197 e. The van der Waals surface area contributed by atoms with Crippen molar-refractivity contribution in [3.8, 4) is 5.75 Å². The van der Waals surface area contributed by atoms with Gasteiger partial charge in [0.1, 0.15) is 5.75 Å². The number of rotatable bonds is 5. The van der Waals surface area contributed by atoms with Crippen LogP contribution in [0.3, 0.4) is 0 Å². The maximum atomic E-state index is 6.01. The summed E-state index contributed by atoms with van der Waals surface area (Å²) in [5, 5.41) is 0. The molecule has 110 valence electrons. The Morgan fingerprint density at radius 2 is 1.80 bits per heavy atom. The highest BCUT2D eigenvalue weighted by molar-refractivity contribution is 14.1. The summed E-state index contributed by atoms with van der Waals surface area (Å²) in [5.74, 6) is 0.917.